The fraction of sp³-hybridized carbons (Fsp3) is 0. The molecule has 0 bridgehead atoms. The van der Waals surface area contributed by atoms with Crippen LogP contribution < -0.4 is 9.47 Å². The Labute approximate surface area is 308 Å². The van der Waals surface area contributed by atoms with Crippen molar-refractivity contribution in [3.05, 3.63) is 170 Å². The minimum Gasteiger partial charge on any atom is -0.457 e. The van der Waals surface area contributed by atoms with Crippen molar-refractivity contribution >= 4 is 32.9 Å². The highest BCUT2D eigenvalue weighted by molar-refractivity contribution is 6.09. The molecule has 0 amide bonds. The molecule has 256 valence electrons. The predicted molar refractivity (Wildman–Crippen MR) is 209 cm³/mol. The van der Waals surface area contributed by atoms with E-state index in [1.54, 1.807) is 24.8 Å². The Kier molecular flexibility index (Phi) is 7.58. The first-order chi connectivity index (χ1) is 26.7. The first-order valence-electron chi connectivity index (χ1n) is 17.4. The summed E-state index contributed by atoms with van der Waals surface area (Å²) in [5.41, 5.74) is 7.56. The van der Waals surface area contributed by atoms with Crippen LogP contribution in [0, 0.1) is 0 Å². The standard InChI is InChI=1S/C45H28N6O3/c1-2-16-43-40(15-1)50-44(54-43)31-27-48-45(49-28-31)51-41-25-34(52-32-11-7-9-29(23-32)38-13-3-5-21-46-38)17-19-36(41)37-20-18-35(26-42(37)51)53-33-12-8-10-30(24-33)39-14-4-6-22-47-39/h1-28H. The number of aromatic nitrogens is 6. The zero-order chi connectivity index (χ0) is 35.8. The van der Waals surface area contributed by atoms with E-state index in [4.69, 9.17) is 23.9 Å². The van der Waals surface area contributed by atoms with Gasteiger partial charge in [0.2, 0.25) is 11.8 Å². The van der Waals surface area contributed by atoms with Crippen LogP contribution in [0.2, 0.25) is 0 Å². The van der Waals surface area contributed by atoms with Crippen molar-refractivity contribution < 1.29 is 13.9 Å². The van der Waals surface area contributed by atoms with E-state index in [9.17, 15) is 0 Å². The Morgan fingerprint density at radius 3 is 1.57 bits per heavy atom. The summed E-state index contributed by atoms with van der Waals surface area (Å²) in [6.45, 7) is 0. The Bertz CT molecular complexity index is 2770. The molecule has 5 heterocycles. The van der Waals surface area contributed by atoms with Gasteiger partial charge in [-0.15, -0.1) is 0 Å². The fourth-order valence-electron chi connectivity index (χ4n) is 6.64. The third kappa shape index (κ3) is 5.85. The van der Waals surface area contributed by atoms with Crippen molar-refractivity contribution in [3.8, 4) is 62.9 Å². The average Bonchev–Trinajstić information content (AvgIpc) is 3.81. The van der Waals surface area contributed by atoms with Crippen molar-refractivity contribution in [1.82, 2.24) is 29.5 Å². The zero-order valence-electron chi connectivity index (χ0n) is 28.6. The van der Waals surface area contributed by atoms with Gasteiger partial charge in [0.25, 0.3) is 0 Å². The van der Waals surface area contributed by atoms with Crippen molar-refractivity contribution in [2.24, 2.45) is 0 Å². The maximum absolute atomic E-state index is 6.46. The molecule has 0 spiro atoms. The summed E-state index contributed by atoms with van der Waals surface area (Å²) in [6, 6.07) is 47.3. The molecule has 10 rings (SSSR count). The van der Waals surface area contributed by atoms with Crippen molar-refractivity contribution in [1.29, 1.82) is 0 Å². The Balaban J connectivity index is 1.06. The second-order valence-electron chi connectivity index (χ2n) is 12.6. The predicted octanol–water partition coefficient (Wildman–Crippen LogP) is 11.1. The zero-order valence-corrected chi connectivity index (χ0v) is 28.6. The van der Waals surface area contributed by atoms with E-state index in [-0.39, 0.29) is 0 Å². The van der Waals surface area contributed by atoms with E-state index in [1.807, 2.05) is 138 Å². The number of rotatable bonds is 8. The number of pyridine rings is 2. The van der Waals surface area contributed by atoms with E-state index in [0.29, 0.717) is 46.0 Å². The number of benzene rings is 5. The van der Waals surface area contributed by atoms with Crippen LogP contribution in [0.25, 0.3) is 72.8 Å². The monoisotopic (exact) mass is 700 g/mol. The van der Waals surface area contributed by atoms with E-state index in [1.165, 1.54) is 0 Å². The normalized spacial score (nSPS) is 11.3. The number of para-hydroxylation sites is 2. The summed E-state index contributed by atoms with van der Waals surface area (Å²) >= 11 is 0. The molecule has 0 saturated carbocycles. The second-order valence-corrected chi connectivity index (χ2v) is 12.6. The summed E-state index contributed by atoms with van der Waals surface area (Å²) in [5.74, 6) is 3.65. The largest absolute Gasteiger partial charge is 0.457 e. The quantitative estimate of drug-likeness (QED) is 0.154. The molecule has 9 nitrogen and oxygen atoms in total. The molecule has 0 radical (unpaired) electrons. The summed E-state index contributed by atoms with van der Waals surface area (Å²) in [4.78, 5) is 23.3. The molecule has 0 aliphatic carbocycles. The number of fused-ring (bicyclic) bond motifs is 4. The fourth-order valence-corrected chi connectivity index (χ4v) is 6.64. The number of oxazole rings is 1. The van der Waals surface area contributed by atoms with Crippen LogP contribution in [0.1, 0.15) is 0 Å². The van der Waals surface area contributed by atoms with Crippen LogP contribution in [-0.4, -0.2) is 29.5 Å². The highest BCUT2D eigenvalue weighted by Crippen LogP contribution is 2.38. The summed E-state index contributed by atoms with van der Waals surface area (Å²) in [6.07, 6.45) is 7.04. The van der Waals surface area contributed by atoms with Gasteiger partial charge in [-0.2, -0.15) is 0 Å². The van der Waals surface area contributed by atoms with Gasteiger partial charge in [0.1, 0.15) is 28.5 Å². The average molecular weight is 701 g/mol. The Morgan fingerprint density at radius 1 is 0.463 bits per heavy atom. The van der Waals surface area contributed by atoms with Gasteiger partial charge in [-0.25, -0.2) is 15.0 Å². The summed E-state index contributed by atoms with van der Waals surface area (Å²) < 4.78 is 20.9. The van der Waals surface area contributed by atoms with Gasteiger partial charge >= 0.3 is 0 Å². The van der Waals surface area contributed by atoms with Gasteiger partial charge in [0, 0.05) is 58.8 Å². The SMILES string of the molecule is c1ccc(-c2cccc(Oc3ccc4c5ccc(Oc6cccc(-c7ccccn7)c6)cc5n(-c5ncc(-c6nc7ccccc7o6)cn5)c4c3)c2)nc1. The summed E-state index contributed by atoms with van der Waals surface area (Å²) in [7, 11) is 0. The number of hydrogen-bond acceptors (Lipinski definition) is 8. The van der Waals surface area contributed by atoms with E-state index in [2.05, 4.69) is 27.1 Å². The van der Waals surface area contributed by atoms with Gasteiger partial charge in [-0.3, -0.25) is 14.5 Å². The molecular formula is C45H28N6O3. The van der Waals surface area contributed by atoms with Crippen LogP contribution in [-0.2, 0) is 0 Å². The molecule has 10 aromatic rings. The van der Waals surface area contributed by atoms with E-state index >= 15 is 0 Å². The third-order valence-electron chi connectivity index (χ3n) is 9.15. The van der Waals surface area contributed by atoms with Crippen LogP contribution >= 0.6 is 0 Å². The molecule has 0 N–H and O–H groups in total. The van der Waals surface area contributed by atoms with Crippen molar-refractivity contribution in [2.45, 2.75) is 0 Å². The molecule has 0 unspecified atom stereocenters. The molecule has 9 heteroatoms. The number of hydrogen-bond donors (Lipinski definition) is 0. The molecule has 0 aliphatic heterocycles. The third-order valence-corrected chi connectivity index (χ3v) is 9.15. The molecule has 54 heavy (non-hydrogen) atoms. The Hall–Kier alpha value is -7.65. The highest BCUT2D eigenvalue weighted by Gasteiger charge is 2.18. The number of nitrogens with zero attached hydrogens (tertiary/aromatic N) is 6. The van der Waals surface area contributed by atoms with E-state index in [0.717, 1.165) is 49.8 Å². The maximum atomic E-state index is 6.46. The Morgan fingerprint density at radius 2 is 1.02 bits per heavy atom. The van der Waals surface area contributed by atoms with Crippen molar-refractivity contribution in [3.63, 3.8) is 0 Å². The lowest BCUT2D eigenvalue weighted by Crippen LogP contribution is -2.01. The highest BCUT2D eigenvalue weighted by atomic mass is 16.5. The van der Waals surface area contributed by atoms with Crippen LogP contribution in [0.5, 0.6) is 23.0 Å². The topological polar surface area (TPSA) is 101 Å². The molecule has 5 aromatic heterocycles. The van der Waals surface area contributed by atoms with Gasteiger partial charge in [-0.05, 0) is 84.9 Å². The number of ether oxygens (including phenoxy) is 2. The summed E-state index contributed by atoms with van der Waals surface area (Å²) in [5, 5.41) is 2.02. The van der Waals surface area contributed by atoms with Crippen LogP contribution in [0.15, 0.2) is 175 Å². The molecule has 0 fully saturated rings. The maximum Gasteiger partial charge on any atom is 0.234 e. The van der Waals surface area contributed by atoms with Crippen molar-refractivity contribution in [2.75, 3.05) is 0 Å². The van der Waals surface area contributed by atoms with Crippen LogP contribution in [0.3, 0.4) is 0 Å². The molecule has 0 saturated heterocycles. The molecule has 0 atom stereocenters. The molecular weight excluding hydrogens is 673 g/mol. The first-order valence-corrected chi connectivity index (χ1v) is 17.4. The van der Waals surface area contributed by atoms with Gasteiger partial charge < -0.3 is 13.9 Å². The lowest BCUT2D eigenvalue weighted by Gasteiger charge is -2.10. The van der Waals surface area contributed by atoms with Gasteiger partial charge in [-0.1, -0.05) is 48.5 Å². The van der Waals surface area contributed by atoms with E-state index < -0.39 is 0 Å². The lowest BCUT2D eigenvalue weighted by molar-refractivity contribution is 0.483. The minimum atomic E-state index is 0.456. The first kappa shape index (κ1) is 31.1. The van der Waals surface area contributed by atoms with Gasteiger partial charge in [0.15, 0.2) is 5.58 Å². The molecule has 5 aromatic carbocycles. The molecule has 0 aliphatic rings. The van der Waals surface area contributed by atoms with Gasteiger partial charge in [0.05, 0.1) is 28.0 Å². The minimum absolute atomic E-state index is 0.456. The smallest absolute Gasteiger partial charge is 0.234 e. The van der Waals surface area contributed by atoms with Crippen LogP contribution in [0.4, 0.5) is 0 Å². The second kappa shape index (κ2) is 13.2. The lowest BCUT2D eigenvalue weighted by atomic mass is 10.1.